The van der Waals surface area contributed by atoms with Crippen LogP contribution in [-0.4, -0.2) is 5.11 Å². The van der Waals surface area contributed by atoms with Gasteiger partial charge in [0.1, 0.15) is 0 Å². The van der Waals surface area contributed by atoms with Crippen LogP contribution in [0.4, 0.5) is 0 Å². The Balaban J connectivity index is 2.75. The Hall–Kier alpha value is -1.24. The van der Waals surface area contributed by atoms with E-state index >= 15 is 0 Å². The summed E-state index contributed by atoms with van der Waals surface area (Å²) in [5, 5.41) is 8.94. The zero-order valence-electron chi connectivity index (χ0n) is 7.49. The fraction of sp³-hybridized carbons (Fsp3) is 0.273. The Kier molecular flexibility index (Phi) is 2.92. The van der Waals surface area contributed by atoms with Crippen LogP contribution in [0.1, 0.15) is 13.8 Å². The second kappa shape index (κ2) is 3.96. The minimum absolute atomic E-state index is 0.345. The van der Waals surface area contributed by atoms with Crippen molar-refractivity contribution in [2.75, 3.05) is 0 Å². The number of hydrogen-bond donors (Lipinski definition) is 1. The van der Waals surface area contributed by atoms with E-state index in [0.29, 0.717) is 11.7 Å². The summed E-state index contributed by atoms with van der Waals surface area (Å²) in [5.74, 6) is 0.795. The molecule has 0 aromatic carbocycles. The first kappa shape index (κ1) is 8.85. The third kappa shape index (κ3) is 2.42. The van der Waals surface area contributed by atoms with Gasteiger partial charge in [-0.05, 0) is 24.5 Å². The topological polar surface area (TPSA) is 20.2 Å². The van der Waals surface area contributed by atoms with Gasteiger partial charge in [-0.25, -0.2) is 0 Å². The van der Waals surface area contributed by atoms with Gasteiger partial charge in [-0.2, -0.15) is 0 Å². The lowest BCUT2D eigenvalue weighted by atomic mass is 9.96. The normalized spacial score (nSPS) is 26.7. The molecule has 12 heavy (non-hydrogen) atoms. The van der Waals surface area contributed by atoms with E-state index in [9.17, 15) is 0 Å². The fourth-order valence-electron chi connectivity index (χ4n) is 1.08. The first-order valence-corrected chi connectivity index (χ1v) is 4.12. The highest BCUT2D eigenvalue weighted by Crippen LogP contribution is 2.17. The molecule has 1 rings (SSSR count). The highest BCUT2D eigenvalue weighted by atomic mass is 16.3. The number of aliphatic hydroxyl groups is 1. The van der Waals surface area contributed by atoms with E-state index in [2.05, 4.69) is 19.1 Å². The molecular weight excluding hydrogens is 148 g/mol. The van der Waals surface area contributed by atoms with E-state index in [4.69, 9.17) is 5.11 Å². The molecule has 0 spiro atoms. The quantitative estimate of drug-likeness (QED) is 0.587. The molecule has 64 valence electrons. The van der Waals surface area contributed by atoms with E-state index in [-0.39, 0.29) is 0 Å². The molecule has 1 aliphatic carbocycles. The van der Waals surface area contributed by atoms with Crippen LogP contribution >= 0.6 is 0 Å². The minimum atomic E-state index is 0.345. The average molecular weight is 162 g/mol. The molecule has 0 aromatic heterocycles. The molecule has 1 atom stereocenters. The summed E-state index contributed by atoms with van der Waals surface area (Å²) < 4.78 is 0. The lowest BCUT2D eigenvalue weighted by Crippen LogP contribution is -1.95. The third-order valence-electron chi connectivity index (χ3n) is 1.84. The van der Waals surface area contributed by atoms with Gasteiger partial charge in [0.25, 0.3) is 0 Å². The van der Waals surface area contributed by atoms with Crippen molar-refractivity contribution in [3.05, 3.63) is 47.8 Å². The molecule has 1 nitrogen and oxygen atoms in total. The summed E-state index contributed by atoms with van der Waals surface area (Å²) >= 11 is 0. The van der Waals surface area contributed by atoms with Gasteiger partial charge < -0.3 is 5.11 Å². The summed E-state index contributed by atoms with van der Waals surface area (Å²) in [4.78, 5) is 0. The maximum atomic E-state index is 8.94. The first-order chi connectivity index (χ1) is 5.70. The summed E-state index contributed by atoms with van der Waals surface area (Å²) in [6.45, 7) is 3.80. The number of hydrogen-bond acceptors (Lipinski definition) is 1. The monoisotopic (exact) mass is 162 g/mol. The molecule has 0 saturated carbocycles. The molecule has 1 aliphatic rings. The second-order valence-electron chi connectivity index (χ2n) is 3.01. The molecule has 0 bridgehead atoms. The minimum Gasteiger partial charge on any atom is -0.513 e. The molecule has 0 heterocycles. The van der Waals surface area contributed by atoms with Crippen molar-refractivity contribution in [3.63, 3.8) is 0 Å². The van der Waals surface area contributed by atoms with Crippen LogP contribution in [0.3, 0.4) is 0 Å². The zero-order valence-corrected chi connectivity index (χ0v) is 7.49. The molecule has 1 heteroatoms. The third-order valence-corrected chi connectivity index (χ3v) is 1.84. The van der Waals surface area contributed by atoms with E-state index in [1.165, 1.54) is 5.57 Å². The summed E-state index contributed by atoms with van der Waals surface area (Å²) in [6, 6.07) is 0. The van der Waals surface area contributed by atoms with Crippen molar-refractivity contribution in [2.45, 2.75) is 13.8 Å². The van der Waals surface area contributed by atoms with E-state index in [1.54, 1.807) is 13.0 Å². The van der Waals surface area contributed by atoms with E-state index in [1.807, 2.05) is 18.2 Å². The van der Waals surface area contributed by atoms with Crippen LogP contribution < -0.4 is 0 Å². The van der Waals surface area contributed by atoms with Gasteiger partial charge in [-0.15, -0.1) is 0 Å². The van der Waals surface area contributed by atoms with Gasteiger partial charge in [0.15, 0.2) is 0 Å². The number of allylic oxidation sites excluding steroid dienone is 8. The van der Waals surface area contributed by atoms with Crippen molar-refractivity contribution in [2.24, 2.45) is 5.92 Å². The first-order valence-electron chi connectivity index (χ1n) is 4.12. The Labute approximate surface area is 73.4 Å². The Morgan fingerprint density at radius 3 is 2.83 bits per heavy atom. The standard InChI is InChI=1S/C11H14O/c1-9-5-3-4-6-11(9)8-7-10(2)12/h3-9,12H,1-2H3/b10-7+,11-8-. The predicted molar refractivity (Wildman–Crippen MR) is 51.9 cm³/mol. The highest BCUT2D eigenvalue weighted by Gasteiger charge is 2.02. The van der Waals surface area contributed by atoms with Crippen LogP contribution in [0, 0.1) is 5.92 Å². The highest BCUT2D eigenvalue weighted by molar-refractivity contribution is 5.34. The molecule has 0 aliphatic heterocycles. The SMILES string of the molecule is C/C(O)=C\C=C1\C=CC=CC1C. The average Bonchev–Trinajstić information content (AvgIpc) is 2.03. The van der Waals surface area contributed by atoms with Gasteiger partial charge in [-0.3, -0.25) is 0 Å². The lowest BCUT2D eigenvalue weighted by Gasteiger charge is -2.09. The van der Waals surface area contributed by atoms with Gasteiger partial charge in [0.2, 0.25) is 0 Å². The second-order valence-corrected chi connectivity index (χ2v) is 3.01. The van der Waals surface area contributed by atoms with E-state index in [0.717, 1.165) is 0 Å². The van der Waals surface area contributed by atoms with Crippen LogP contribution in [0.15, 0.2) is 47.8 Å². The summed E-state index contributed by atoms with van der Waals surface area (Å²) in [7, 11) is 0. The largest absolute Gasteiger partial charge is 0.513 e. The maximum Gasteiger partial charge on any atom is 0.0891 e. The van der Waals surface area contributed by atoms with Crippen molar-refractivity contribution in [1.29, 1.82) is 0 Å². The van der Waals surface area contributed by atoms with Gasteiger partial charge >= 0.3 is 0 Å². The van der Waals surface area contributed by atoms with Crippen LogP contribution in [-0.2, 0) is 0 Å². The summed E-state index contributed by atoms with van der Waals surface area (Å²) in [5.41, 5.74) is 1.23. The van der Waals surface area contributed by atoms with Crippen LogP contribution in [0.2, 0.25) is 0 Å². The smallest absolute Gasteiger partial charge is 0.0891 e. The fourth-order valence-corrected chi connectivity index (χ4v) is 1.08. The molecule has 1 unspecified atom stereocenters. The Morgan fingerprint density at radius 1 is 1.50 bits per heavy atom. The van der Waals surface area contributed by atoms with E-state index < -0.39 is 0 Å². The molecule has 0 aromatic rings. The maximum absolute atomic E-state index is 8.94. The van der Waals surface area contributed by atoms with Gasteiger partial charge in [0.05, 0.1) is 5.76 Å². The molecule has 0 radical (unpaired) electrons. The van der Waals surface area contributed by atoms with Crippen molar-refractivity contribution >= 4 is 0 Å². The molecule has 1 N–H and O–H groups in total. The summed E-state index contributed by atoms with van der Waals surface area (Å²) in [6.07, 6.45) is 11.9. The molecule has 0 saturated heterocycles. The number of aliphatic hydroxyl groups excluding tert-OH is 1. The van der Waals surface area contributed by atoms with Gasteiger partial charge in [0, 0.05) is 0 Å². The number of rotatable bonds is 1. The molecule has 0 amide bonds. The van der Waals surface area contributed by atoms with Gasteiger partial charge in [-0.1, -0.05) is 37.3 Å². The van der Waals surface area contributed by atoms with Crippen LogP contribution in [0.5, 0.6) is 0 Å². The van der Waals surface area contributed by atoms with Crippen molar-refractivity contribution in [1.82, 2.24) is 0 Å². The predicted octanol–water partition coefficient (Wildman–Crippen LogP) is 3.14. The Bertz CT molecular complexity index is 263. The van der Waals surface area contributed by atoms with Crippen molar-refractivity contribution in [3.8, 4) is 0 Å². The Morgan fingerprint density at radius 2 is 2.25 bits per heavy atom. The molecular formula is C11H14O. The zero-order chi connectivity index (χ0) is 8.97. The van der Waals surface area contributed by atoms with Crippen molar-refractivity contribution < 1.29 is 5.11 Å². The van der Waals surface area contributed by atoms with Crippen LogP contribution in [0.25, 0.3) is 0 Å². The lowest BCUT2D eigenvalue weighted by molar-refractivity contribution is 0.414. The molecule has 0 fully saturated rings.